The Morgan fingerprint density at radius 1 is 1.08 bits per heavy atom. The van der Waals surface area contributed by atoms with Crippen LogP contribution < -0.4 is 4.74 Å². The standard InChI is InChI=1S/C21H35NO3/c1-18(22(2)3)16-19-12-11-13-20(17-19)25-15-10-8-6-4-5-7-9-14-21(23)24/h11-13,17-18H,4-10,14-16H2,1-3H3,(H,23,24)/t18-/m1/s1. The highest BCUT2D eigenvalue weighted by Gasteiger charge is 2.06. The average molecular weight is 350 g/mol. The zero-order valence-electron chi connectivity index (χ0n) is 16.2. The fourth-order valence-electron chi connectivity index (χ4n) is 2.74. The summed E-state index contributed by atoms with van der Waals surface area (Å²) in [6, 6.07) is 8.95. The zero-order valence-corrected chi connectivity index (χ0v) is 16.2. The molecule has 0 fully saturated rings. The van der Waals surface area contributed by atoms with Gasteiger partial charge in [0, 0.05) is 12.5 Å². The van der Waals surface area contributed by atoms with E-state index in [1.54, 1.807) is 0 Å². The van der Waals surface area contributed by atoms with E-state index in [2.05, 4.69) is 44.1 Å². The van der Waals surface area contributed by atoms with Crippen molar-refractivity contribution in [2.24, 2.45) is 0 Å². The van der Waals surface area contributed by atoms with Crippen molar-refractivity contribution in [3.8, 4) is 5.75 Å². The Bertz CT molecular complexity index is 488. The smallest absolute Gasteiger partial charge is 0.303 e. The van der Waals surface area contributed by atoms with Gasteiger partial charge in [0.15, 0.2) is 0 Å². The Kier molecular flexibility index (Phi) is 11.0. The quantitative estimate of drug-likeness (QED) is 0.492. The molecule has 1 aromatic carbocycles. The number of benzene rings is 1. The fraction of sp³-hybridized carbons (Fsp3) is 0.667. The number of hydrogen-bond donors (Lipinski definition) is 1. The Labute approximate surface area is 153 Å². The zero-order chi connectivity index (χ0) is 18.5. The van der Waals surface area contributed by atoms with Crippen LogP contribution in [0, 0.1) is 0 Å². The van der Waals surface area contributed by atoms with Gasteiger partial charge < -0.3 is 14.7 Å². The molecule has 0 aliphatic carbocycles. The number of aliphatic carboxylic acids is 1. The third-order valence-corrected chi connectivity index (χ3v) is 4.61. The van der Waals surface area contributed by atoms with Gasteiger partial charge in [0.05, 0.1) is 6.61 Å². The highest BCUT2D eigenvalue weighted by Crippen LogP contribution is 2.16. The normalized spacial score (nSPS) is 12.3. The first kappa shape index (κ1) is 21.5. The van der Waals surface area contributed by atoms with E-state index in [4.69, 9.17) is 9.84 Å². The number of nitrogens with zero attached hydrogens (tertiary/aromatic N) is 1. The summed E-state index contributed by atoms with van der Waals surface area (Å²) >= 11 is 0. The summed E-state index contributed by atoms with van der Waals surface area (Å²) < 4.78 is 5.88. The lowest BCUT2D eigenvalue weighted by Crippen LogP contribution is -2.26. The average Bonchev–Trinajstić information content (AvgIpc) is 2.56. The van der Waals surface area contributed by atoms with Gasteiger partial charge in [-0.2, -0.15) is 0 Å². The summed E-state index contributed by atoms with van der Waals surface area (Å²) in [5.74, 6) is 0.287. The van der Waals surface area contributed by atoms with Crippen LogP contribution in [0.5, 0.6) is 5.75 Å². The van der Waals surface area contributed by atoms with Gasteiger partial charge in [-0.05, 0) is 58.0 Å². The molecular weight excluding hydrogens is 314 g/mol. The molecule has 0 saturated heterocycles. The minimum atomic E-state index is -0.683. The van der Waals surface area contributed by atoms with Crippen LogP contribution in [-0.4, -0.2) is 42.7 Å². The highest BCUT2D eigenvalue weighted by molar-refractivity contribution is 5.66. The Hall–Kier alpha value is -1.55. The first-order valence-corrected chi connectivity index (χ1v) is 9.59. The first-order valence-electron chi connectivity index (χ1n) is 9.59. The minimum absolute atomic E-state index is 0.306. The third kappa shape index (κ3) is 10.8. The van der Waals surface area contributed by atoms with Crippen LogP contribution in [0.3, 0.4) is 0 Å². The lowest BCUT2D eigenvalue weighted by molar-refractivity contribution is -0.137. The highest BCUT2D eigenvalue weighted by atomic mass is 16.5. The van der Waals surface area contributed by atoms with Crippen molar-refractivity contribution in [2.45, 2.75) is 70.8 Å². The molecule has 1 atom stereocenters. The number of rotatable bonds is 14. The lowest BCUT2D eigenvalue weighted by atomic mass is 10.1. The maximum atomic E-state index is 10.4. The van der Waals surface area contributed by atoms with Gasteiger partial charge in [-0.3, -0.25) is 4.79 Å². The van der Waals surface area contributed by atoms with Gasteiger partial charge in [0.2, 0.25) is 0 Å². The van der Waals surface area contributed by atoms with Gasteiger partial charge in [-0.15, -0.1) is 0 Å². The molecule has 0 amide bonds. The van der Waals surface area contributed by atoms with E-state index in [0.717, 1.165) is 44.5 Å². The minimum Gasteiger partial charge on any atom is -0.494 e. The van der Waals surface area contributed by atoms with Gasteiger partial charge in [0.1, 0.15) is 5.75 Å². The number of carbonyl (C=O) groups is 1. The second kappa shape index (κ2) is 12.8. The van der Waals surface area contributed by atoms with Crippen molar-refractivity contribution in [3.05, 3.63) is 29.8 Å². The van der Waals surface area contributed by atoms with Gasteiger partial charge in [0.25, 0.3) is 0 Å². The fourth-order valence-corrected chi connectivity index (χ4v) is 2.74. The van der Waals surface area contributed by atoms with Crippen molar-refractivity contribution in [3.63, 3.8) is 0 Å². The second-order valence-corrected chi connectivity index (χ2v) is 7.13. The number of likely N-dealkylation sites (N-methyl/N-ethyl adjacent to an activating group) is 1. The molecule has 0 aromatic heterocycles. The first-order chi connectivity index (χ1) is 12.0. The summed E-state index contributed by atoms with van der Waals surface area (Å²) in [7, 11) is 4.22. The second-order valence-electron chi connectivity index (χ2n) is 7.13. The molecule has 4 heteroatoms. The number of ether oxygens (including phenoxy) is 1. The molecule has 0 aliphatic heterocycles. The van der Waals surface area contributed by atoms with Crippen LogP contribution in [0.1, 0.15) is 63.9 Å². The largest absolute Gasteiger partial charge is 0.494 e. The van der Waals surface area contributed by atoms with Crippen molar-refractivity contribution in [1.82, 2.24) is 4.90 Å². The van der Waals surface area contributed by atoms with Crippen LogP contribution in [0.25, 0.3) is 0 Å². The van der Waals surface area contributed by atoms with Crippen LogP contribution >= 0.6 is 0 Å². The van der Waals surface area contributed by atoms with Crippen molar-refractivity contribution in [2.75, 3.05) is 20.7 Å². The molecule has 1 N–H and O–H groups in total. The summed E-state index contributed by atoms with van der Waals surface area (Å²) in [5.41, 5.74) is 1.32. The summed E-state index contributed by atoms with van der Waals surface area (Å²) in [6.07, 6.45) is 8.97. The van der Waals surface area contributed by atoms with Gasteiger partial charge in [-0.25, -0.2) is 0 Å². The van der Waals surface area contributed by atoms with Crippen LogP contribution in [-0.2, 0) is 11.2 Å². The molecular formula is C21H35NO3. The molecule has 0 unspecified atom stereocenters. The molecule has 25 heavy (non-hydrogen) atoms. The summed E-state index contributed by atoms with van der Waals surface area (Å²) in [4.78, 5) is 12.6. The molecule has 0 aliphatic rings. The van der Waals surface area contributed by atoms with E-state index >= 15 is 0 Å². The number of carboxylic acids is 1. The topological polar surface area (TPSA) is 49.8 Å². The Morgan fingerprint density at radius 2 is 1.72 bits per heavy atom. The SMILES string of the molecule is C[C@H](Cc1cccc(OCCCCCCCCCC(=O)O)c1)N(C)C. The van der Waals surface area contributed by atoms with Crippen molar-refractivity contribution in [1.29, 1.82) is 0 Å². The van der Waals surface area contributed by atoms with E-state index in [1.807, 2.05) is 6.07 Å². The molecule has 1 rings (SSSR count). The Balaban J connectivity index is 2.09. The van der Waals surface area contributed by atoms with E-state index in [0.29, 0.717) is 12.5 Å². The summed E-state index contributed by atoms with van der Waals surface area (Å²) in [5, 5.41) is 8.58. The molecule has 0 bridgehead atoms. The summed E-state index contributed by atoms with van der Waals surface area (Å²) in [6.45, 7) is 3.00. The predicted octanol–water partition coefficient (Wildman–Crippen LogP) is 4.76. The predicted molar refractivity (Wildman–Crippen MR) is 103 cm³/mol. The van der Waals surface area contributed by atoms with E-state index in [-0.39, 0.29) is 0 Å². The maximum Gasteiger partial charge on any atom is 0.303 e. The molecule has 142 valence electrons. The molecule has 0 saturated carbocycles. The van der Waals surface area contributed by atoms with E-state index in [9.17, 15) is 4.79 Å². The molecule has 1 aromatic rings. The van der Waals surface area contributed by atoms with Gasteiger partial charge >= 0.3 is 5.97 Å². The van der Waals surface area contributed by atoms with Gasteiger partial charge in [-0.1, -0.05) is 44.2 Å². The molecule has 0 heterocycles. The van der Waals surface area contributed by atoms with E-state index in [1.165, 1.54) is 24.8 Å². The number of carboxylic acid groups (broad SMARTS) is 1. The van der Waals surface area contributed by atoms with Crippen molar-refractivity contribution >= 4 is 5.97 Å². The van der Waals surface area contributed by atoms with Crippen LogP contribution in [0.2, 0.25) is 0 Å². The third-order valence-electron chi connectivity index (χ3n) is 4.61. The molecule has 0 radical (unpaired) electrons. The van der Waals surface area contributed by atoms with E-state index < -0.39 is 5.97 Å². The lowest BCUT2D eigenvalue weighted by Gasteiger charge is -2.19. The monoisotopic (exact) mass is 349 g/mol. The Morgan fingerprint density at radius 3 is 2.36 bits per heavy atom. The van der Waals surface area contributed by atoms with Crippen LogP contribution in [0.4, 0.5) is 0 Å². The van der Waals surface area contributed by atoms with Crippen molar-refractivity contribution < 1.29 is 14.6 Å². The molecule has 4 nitrogen and oxygen atoms in total. The molecule has 0 spiro atoms. The van der Waals surface area contributed by atoms with Crippen LogP contribution in [0.15, 0.2) is 24.3 Å². The maximum absolute atomic E-state index is 10.4. The number of hydrogen-bond acceptors (Lipinski definition) is 3. The number of unbranched alkanes of at least 4 members (excludes halogenated alkanes) is 6.